The Bertz CT molecular complexity index is 321. The van der Waals surface area contributed by atoms with Gasteiger partial charge in [0.15, 0.2) is 0 Å². The number of Topliss-reactive ketones (excluding diaryl/α,β-unsaturated/α-hetero) is 1. The zero-order chi connectivity index (χ0) is 11.3. The molecule has 1 nitrogen and oxygen atoms in total. The number of carbonyl (C=O) groups is 1. The van der Waals surface area contributed by atoms with Crippen LogP contribution in [0, 0.1) is 3.57 Å². The number of benzene rings is 1. The number of hydrogen-bond donors (Lipinski definition) is 0. The summed E-state index contributed by atoms with van der Waals surface area (Å²) in [4.78, 5) is 11.5. The number of ketones is 1. The Balaban J connectivity index is 2.54. The minimum atomic E-state index is -0.0301. The Hall–Kier alpha value is 0.1000. The second-order valence-corrected chi connectivity index (χ2v) is 5.87. The van der Waals surface area contributed by atoms with Gasteiger partial charge in [-0.1, -0.05) is 35.0 Å². The van der Waals surface area contributed by atoms with Crippen LogP contribution in [0.2, 0.25) is 0 Å². The highest BCUT2D eigenvalue weighted by Gasteiger charge is 2.13. The normalized spacial score (nSPS) is 12.5. The maximum absolute atomic E-state index is 11.6. The zero-order valence-corrected chi connectivity index (χ0v) is 12.4. The van der Waals surface area contributed by atoms with E-state index in [2.05, 4.69) is 62.8 Å². The van der Waals surface area contributed by atoms with Crippen molar-refractivity contribution < 1.29 is 4.79 Å². The Kier molecular flexibility index (Phi) is 5.82. The fourth-order valence-electron chi connectivity index (χ4n) is 1.34. The molecule has 0 aliphatic carbocycles. The van der Waals surface area contributed by atoms with E-state index < -0.39 is 0 Å². The van der Waals surface area contributed by atoms with Crippen molar-refractivity contribution in [1.29, 1.82) is 0 Å². The molecule has 1 aromatic carbocycles. The van der Waals surface area contributed by atoms with E-state index in [9.17, 15) is 4.79 Å². The third-order valence-electron chi connectivity index (χ3n) is 2.17. The molecule has 0 fully saturated rings. The molecule has 0 aromatic heterocycles. The average Bonchev–Trinajstić information content (AvgIpc) is 2.22. The molecule has 15 heavy (non-hydrogen) atoms. The molecule has 0 saturated carbocycles. The van der Waals surface area contributed by atoms with E-state index in [4.69, 9.17) is 0 Å². The second kappa shape index (κ2) is 6.63. The summed E-state index contributed by atoms with van der Waals surface area (Å²) in [7, 11) is 0. The maximum Gasteiger partial charge on any atom is 0.146 e. The summed E-state index contributed by atoms with van der Waals surface area (Å²) in [6, 6.07) is 8.30. The molecule has 0 aliphatic rings. The van der Waals surface area contributed by atoms with Crippen LogP contribution in [-0.2, 0) is 11.2 Å². The number of hydrogen-bond acceptors (Lipinski definition) is 1. The van der Waals surface area contributed by atoms with Gasteiger partial charge in [-0.2, -0.15) is 0 Å². The molecule has 0 radical (unpaired) electrons. The third kappa shape index (κ3) is 4.64. The molecule has 1 rings (SSSR count). The van der Waals surface area contributed by atoms with E-state index in [1.807, 2.05) is 6.92 Å². The lowest BCUT2D eigenvalue weighted by molar-refractivity contribution is -0.118. The molecule has 1 atom stereocenters. The maximum atomic E-state index is 11.6. The molecular formula is C12H14BrIO. The van der Waals surface area contributed by atoms with Gasteiger partial charge >= 0.3 is 0 Å². The van der Waals surface area contributed by atoms with Crippen molar-refractivity contribution in [1.82, 2.24) is 0 Å². The van der Waals surface area contributed by atoms with E-state index in [1.165, 1.54) is 9.13 Å². The van der Waals surface area contributed by atoms with Crippen LogP contribution in [0.15, 0.2) is 24.3 Å². The second-order valence-electron chi connectivity index (χ2n) is 3.51. The van der Waals surface area contributed by atoms with E-state index in [-0.39, 0.29) is 4.83 Å². The van der Waals surface area contributed by atoms with Crippen molar-refractivity contribution in [3.63, 3.8) is 0 Å². The van der Waals surface area contributed by atoms with Crippen molar-refractivity contribution in [2.75, 3.05) is 0 Å². The summed E-state index contributed by atoms with van der Waals surface area (Å²) in [5, 5.41) is 0. The summed E-state index contributed by atoms with van der Waals surface area (Å²) in [5.74, 6) is 0.302. The Morgan fingerprint density at radius 1 is 1.40 bits per heavy atom. The highest BCUT2D eigenvalue weighted by Crippen LogP contribution is 2.14. The van der Waals surface area contributed by atoms with Gasteiger partial charge in [0.2, 0.25) is 0 Å². The highest BCUT2D eigenvalue weighted by molar-refractivity contribution is 14.1. The van der Waals surface area contributed by atoms with Crippen LogP contribution < -0.4 is 0 Å². The van der Waals surface area contributed by atoms with Gasteiger partial charge in [0.25, 0.3) is 0 Å². The minimum Gasteiger partial charge on any atom is -0.298 e. The Morgan fingerprint density at radius 3 is 2.53 bits per heavy atom. The quantitative estimate of drug-likeness (QED) is 0.558. The molecule has 1 aromatic rings. The van der Waals surface area contributed by atoms with E-state index in [0.29, 0.717) is 12.2 Å². The molecule has 0 aliphatic heterocycles. The number of halogens is 2. The molecule has 0 saturated heterocycles. The molecule has 0 N–H and O–H groups in total. The molecule has 0 heterocycles. The van der Waals surface area contributed by atoms with Gasteiger partial charge in [0, 0.05) is 9.99 Å². The number of alkyl halides is 1. The van der Waals surface area contributed by atoms with Crippen molar-refractivity contribution >= 4 is 44.3 Å². The van der Waals surface area contributed by atoms with Crippen LogP contribution in [0.4, 0.5) is 0 Å². The molecule has 1 unspecified atom stereocenters. The van der Waals surface area contributed by atoms with Gasteiger partial charge in [-0.25, -0.2) is 0 Å². The molecule has 0 spiro atoms. The zero-order valence-electron chi connectivity index (χ0n) is 8.67. The number of carbonyl (C=O) groups excluding carboxylic acids is 1. The predicted molar refractivity (Wildman–Crippen MR) is 75.5 cm³/mol. The van der Waals surface area contributed by atoms with E-state index in [0.717, 1.165) is 12.8 Å². The standard InChI is InChI=1S/C12H14BrIO/c1-2-3-12(15)11(13)8-9-4-6-10(14)7-5-9/h4-7,11H,2-3,8H2,1H3. The molecule has 3 heteroatoms. The lowest BCUT2D eigenvalue weighted by Gasteiger charge is -2.08. The Morgan fingerprint density at radius 2 is 2.00 bits per heavy atom. The molecule has 82 valence electrons. The molecular weight excluding hydrogens is 367 g/mol. The average molecular weight is 381 g/mol. The van der Waals surface area contributed by atoms with Gasteiger partial charge in [-0.3, -0.25) is 4.79 Å². The van der Waals surface area contributed by atoms with Crippen LogP contribution in [0.1, 0.15) is 25.3 Å². The van der Waals surface area contributed by atoms with E-state index in [1.54, 1.807) is 0 Å². The van der Waals surface area contributed by atoms with Crippen LogP contribution in [0.5, 0.6) is 0 Å². The molecule has 0 bridgehead atoms. The van der Waals surface area contributed by atoms with Crippen LogP contribution in [0.25, 0.3) is 0 Å². The van der Waals surface area contributed by atoms with Gasteiger partial charge in [-0.05, 0) is 53.1 Å². The van der Waals surface area contributed by atoms with Crippen molar-refractivity contribution in [2.24, 2.45) is 0 Å². The number of rotatable bonds is 5. The predicted octanol–water partition coefficient (Wildman–Crippen LogP) is 3.97. The van der Waals surface area contributed by atoms with Gasteiger partial charge < -0.3 is 0 Å². The van der Waals surface area contributed by atoms with E-state index >= 15 is 0 Å². The third-order valence-corrected chi connectivity index (χ3v) is 3.73. The van der Waals surface area contributed by atoms with Crippen molar-refractivity contribution in [2.45, 2.75) is 31.0 Å². The highest BCUT2D eigenvalue weighted by atomic mass is 127. The summed E-state index contributed by atoms with van der Waals surface area (Å²) in [5.41, 5.74) is 1.21. The van der Waals surface area contributed by atoms with Gasteiger partial charge in [0.05, 0.1) is 4.83 Å². The smallest absolute Gasteiger partial charge is 0.146 e. The molecule has 0 amide bonds. The first kappa shape index (κ1) is 13.2. The van der Waals surface area contributed by atoms with Gasteiger partial charge in [-0.15, -0.1) is 0 Å². The first-order valence-corrected chi connectivity index (χ1v) is 7.04. The summed E-state index contributed by atoms with van der Waals surface area (Å²) in [6.45, 7) is 2.03. The largest absolute Gasteiger partial charge is 0.298 e. The summed E-state index contributed by atoms with van der Waals surface area (Å²) in [6.07, 6.45) is 2.38. The fourth-order valence-corrected chi connectivity index (χ4v) is 2.31. The first-order valence-electron chi connectivity index (χ1n) is 5.04. The SMILES string of the molecule is CCCC(=O)C(Br)Cc1ccc(I)cc1. The summed E-state index contributed by atoms with van der Waals surface area (Å²) < 4.78 is 1.22. The monoisotopic (exact) mass is 380 g/mol. The van der Waals surface area contributed by atoms with Crippen LogP contribution >= 0.6 is 38.5 Å². The van der Waals surface area contributed by atoms with Crippen molar-refractivity contribution in [3.05, 3.63) is 33.4 Å². The lowest BCUT2D eigenvalue weighted by atomic mass is 10.1. The lowest BCUT2D eigenvalue weighted by Crippen LogP contribution is -2.16. The van der Waals surface area contributed by atoms with Crippen molar-refractivity contribution in [3.8, 4) is 0 Å². The topological polar surface area (TPSA) is 17.1 Å². The first-order chi connectivity index (χ1) is 7.13. The van der Waals surface area contributed by atoms with Crippen LogP contribution in [-0.4, -0.2) is 10.6 Å². The fraction of sp³-hybridized carbons (Fsp3) is 0.417. The van der Waals surface area contributed by atoms with Crippen LogP contribution in [0.3, 0.4) is 0 Å². The minimum absolute atomic E-state index is 0.0301. The summed E-state index contributed by atoms with van der Waals surface area (Å²) >= 11 is 5.73. The van der Waals surface area contributed by atoms with Gasteiger partial charge in [0.1, 0.15) is 5.78 Å². The Labute approximate surface area is 113 Å².